The number of aryl methyl sites for hydroxylation is 2. The van der Waals surface area contributed by atoms with Crippen molar-refractivity contribution in [2.24, 2.45) is 5.41 Å². The summed E-state index contributed by atoms with van der Waals surface area (Å²) in [6, 6.07) is 12.4. The van der Waals surface area contributed by atoms with Crippen molar-refractivity contribution in [1.29, 1.82) is 0 Å². The highest BCUT2D eigenvalue weighted by atomic mass is 31.2. The smallest absolute Gasteiger partial charge is 0.358 e. The van der Waals surface area contributed by atoms with E-state index >= 15 is 0 Å². The maximum atomic E-state index is 12.5. The van der Waals surface area contributed by atoms with Crippen LogP contribution in [-0.2, 0) is 18.2 Å². The van der Waals surface area contributed by atoms with Crippen LogP contribution in [0.15, 0.2) is 48.5 Å². The molecule has 2 unspecified atom stereocenters. The summed E-state index contributed by atoms with van der Waals surface area (Å²) in [6.45, 7) is 1.16. The molecule has 0 spiro atoms. The molecule has 0 aliphatic rings. The molecule has 0 saturated carbocycles. The van der Waals surface area contributed by atoms with E-state index in [0.717, 1.165) is 11.1 Å². The molecule has 2 aromatic rings. The summed E-state index contributed by atoms with van der Waals surface area (Å²) in [6.07, 6.45) is 0. The van der Waals surface area contributed by atoms with Crippen molar-refractivity contribution in [1.82, 2.24) is 0 Å². The van der Waals surface area contributed by atoms with Crippen LogP contribution in [0, 0.1) is 19.3 Å². The minimum absolute atomic E-state index is 0.0567. The molecule has 2 aromatic carbocycles. The van der Waals surface area contributed by atoms with E-state index in [4.69, 9.17) is 9.05 Å². The monoisotopic (exact) mass is 444 g/mol. The van der Waals surface area contributed by atoms with Crippen molar-refractivity contribution in [3.05, 3.63) is 59.7 Å². The summed E-state index contributed by atoms with van der Waals surface area (Å²) in [5.74, 6) is 0. The van der Waals surface area contributed by atoms with E-state index < -0.39 is 47.0 Å². The highest BCUT2D eigenvalue weighted by molar-refractivity contribution is 7.61. The van der Waals surface area contributed by atoms with Crippen LogP contribution in [0.4, 0.5) is 0 Å². The molecule has 0 bridgehead atoms. The van der Waals surface area contributed by atoms with E-state index in [9.17, 15) is 29.1 Å². The van der Waals surface area contributed by atoms with Crippen LogP contribution in [0.5, 0.6) is 0 Å². The van der Waals surface area contributed by atoms with Crippen molar-refractivity contribution in [3.8, 4) is 0 Å². The predicted molar refractivity (Wildman–Crippen MR) is 110 cm³/mol. The fourth-order valence-electron chi connectivity index (χ4n) is 2.34. The van der Waals surface area contributed by atoms with Gasteiger partial charge in [-0.3, -0.25) is 9.13 Å². The van der Waals surface area contributed by atoms with Gasteiger partial charge < -0.3 is 29.0 Å². The third-order valence-electron chi connectivity index (χ3n) is 4.48. The number of hydrogen-bond acceptors (Lipinski definition) is 6. The van der Waals surface area contributed by atoms with Crippen molar-refractivity contribution in [2.45, 2.75) is 13.8 Å². The zero-order chi connectivity index (χ0) is 21.7. The topological polar surface area (TPSA) is 134 Å². The van der Waals surface area contributed by atoms with Crippen LogP contribution in [0.25, 0.3) is 0 Å². The second kappa shape index (κ2) is 9.65. The maximum Gasteiger partial charge on any atom is 0.358 e. The molecule has 0 amide bonds. The predicted octanol–water partition coefficient (Wildman–Crippen LogP) is 1.63. The molecular weight excluding hydrogens is 418 g/mol. The molecule has 0 aliphatic heterocycles. The van der Waals surface area contributed by atoms with Gasteiger partial charge in [0.05, 0.1) is 42.5 Å². The van der Waals surface area contributed by atoms with Crippen molar-refractivity contribution in [2.75, 3.05) is 26.4 Å². The lowest BCUT2D eigenvalue weighted by Gasteiger charge is -2.30. The molecule has 29 heavy (non-hydrogen) atoms. The van der Waals surface area contributed by atoms with Crippen LogP contribution in [0.3, 0.4) is 0 Å². The average Bonchev–Trinajstić information content (AvgIpc) is 2.69. The zero-order valence-corrected chi connectivity index (χ0v) is 18.1. The van der Waals surface area contributed by atoms with Crippen LogP contribution < -0.4 is 10.6 Å². The van der Waals surface area contributed by atoms with E-state index in [1.54, 1.807) is 24.3 Å². The van der Waals surface area contributed by atoms with Gasteiger partial charge in [-0.1, -0.05) is 35.4 Å². The molecule has 0 aromatic heterocycles. The lowest BCUT2D eigenvalue weighted by Crippen LogP contribution is -2.39. The Kier molecular flexibility index (Phi) is 7.96. The normalized spacial score (nSPS) is 16.2. The Morgan fingerprint density at radius 1 is 0.724 bits per heavy atom. The van der Waals surface area contributed by atoms with Crippen molar-refractivity contribution in [3.63, 3.8) is 0 Å². The minimum Gasteiger partial charge on any atom is -0.396 e. The van der Waals surface area contributed by atoms with Crippen molar-refractivity contribution < 1.29 is 38.2 Å². The lowest BCUT2D eigenvalue weighted by molar-refractivity contribution is -0.0214. The van der Waals surface area contributed by atoms with Gasteiger partial charge in [-0.25, -0.2) is 0 Å². The fourth-order valence-corrected chi connectivity index (χ4v) is 4.59. The fraction of sp³-hybridized carbons (Fsp3) is 0.368. The number of aliphatic hydroxyl groups excluding tert-OH is 2. The average molecular weight is 444 g/mol. The molecule has 0 aliphatic carbocycles. The van der Waals surface area contributed by atoms with Gasteiger partial charge in [0.2, 0.25) is 0 Å². The Labute approximate surface area is 169 Å². The molecule has 0 fully saturated rings. The highest BCUT2D eigenvalue weighted by Gasteiger charge is 2.37. The summed E-state index contributed by atoms with van der Waals surface area (Å²) in [4.78, 5) is 20.4. The van der Waals surface area contributed by atoms with E-state index in [1.165, 1.54) is 24.3 Å². The zero-order valence-electron chi connectivity index (χ0n) is 16.3. The summed E-state index contributed by atoms with van der Waals surface area (Å²) in [5.41, 5.74) is 0.251. The first-order chi connectivity index (χ1) is 13.5. The summed E-state index contributed by atoms with van der Waals surface area (Å²) < 4.78 is 35.2. The van der Waals surface area contributed by atoms with Crippen molar-refractivity contribution >= 4 is 25.8 Å². The molecule has 160 valence electrons. The Morgan fingerprint density at radius 3 is 1.31 bits per heavy atom. The standard InChI is InChI=1S/C19H26O8P2/c1-15-3-7-17(8-4-15)28(22,23)26-13-19(11-20,12-21)14-27-29(24,25)18-9-5-16(2)6-10-18/h3-10,20-21H,11-14H2,1-2H3,(H,22,23)(H,24,25). The number of benzene rings is 2. The van der Waals surface area contributed by atoms with E-state index in [0.29, 0.717) is 0 Å². The summed E-state index contributed by atoms with van der Waals surface area (Å²) in [5, 5.41) is 19.6. The van der Waals surface area contributed by atoms with Gasteiger partial charge in [-0.15, -0.1) is 0 Å². The van der Waals surface area contributed by atoms with Gasteiger partial charge in [0.1, 0.15) is 0 Å². The van der Waals surface area contributed by atoms with Gasteiger partial charge >= 0.3 is 15.2 Å². The summed E-state index contributed by atoms with van der Waals surface area (Å²) >= 11 is 0. The molecule has 2 atom stereocenters. The Hall–Kier alpha value is -1.34. The van der Waals surface area contributed by atoms with Gasteiger partial charge in [0, 0.05) is 0 Å². The lowest BCUT2D eigenvalue weighted by atomic mass is 9.93. The second-order valence-corrected chi connectivity index (χ2v) is 10.7. The Bertz CT molecular complexity index is 820. The van der Waals surface area contributed by atoms with Gasteiger partial charge in [-0.05, 0) is 38.1 Å². The van der Waals surface area contributed by atoms with E-state index in [2.05, 4.69) is 0 Å². The van der Waals surface area contributed by atoms with Gasteiger partial charge in [-0.2, -0.15) is 0 Å². The largest absolute Gasteiger partial charge is 0.396 e. The van der Waals surface area contributed by atoms with Gasteiger partial charge in [0.25, 0.3) is 0 Å². The number of rotatable bonds is 10. The van der Waals surface area contributed by atoms with Crippen LogP contribution in [0.2, 0.25) is 0 Å². The van der Waals surface area contributed by atoms with Crippen LogP contribution in [0.1, 0.15) is 11.1 Å². The quantitative estimate of drug-likeness (QED) is 0.407. The second-order valence-electron chi connectivity index (χ2n) is 7.08. The first-order valence-electron chi connectivity index (χ1n) is 8.84. The molecule has 4 N–H and O–H groups in total. The molecular formula is C19H26O8P2. The molecule has 0 heterocycles. The Morgan fingerprint density at radius 2 is 1.03 bits per heavy atom. The molecule has 10 heteroatoms. The third kappa shape index (κ3) is 6.32. The van der Waals surface area contributed by atoms with Crippen LogP contribution in [-0.4, -0.2) is 46.4 Å². The number of hydrogen-bond donors (Lipinski definition) is 4. The number of aliphatic hydroxyl groups is 2. The van der Waals surface area contributed by atoms with Crippen LogP contribution >= 0.6 is 15.2 Å². The summed E-state index contributed by atoms with van der Waals surface area (Å²) in [7, 11) is -8.45. The van der Waals surface area contributed by atoms with E-state index in [-0.39, 0.29) is 10.6 Å². The minimum atomic E-state index is -4.22. The highest BCUT2D eigenvalue weighted by Crippen LogP contribution is 2.45. The molecule has 2 rings (SSSR count). The molecule has 8 nitrogen and oxygen atoms in total. The third-order valence-corrected chi connectivity index (χ3v) is 7.34. The SMILES string of the molecule is Cc1ccc(P(=O)(O)OCC(CO)(CO)COP(=O)(O)c2ccc(C)cc2)cc1. The van der Waals surface area contributed by atoms with Gasteiger partial charge in [0.15, 0.2) is 0 Å². The Balaban J connectivity index is 2.10. The van der Waals surface area contributed by atoms with E-state index in [1.807, 2.05) is 13.8 Å². The molecule has 0 radical (unpaired) electrons. The first-order valence-corrected chi connectivity index (χ1v) is 12.0. The first kappa shape index (κ1) is 23.9. The molecule has 0 saturated heterocycles. The maximum absolute atomic E-state index is 12.5.